The van der Waals surface area contributed by atoms with E-state index < -0.39 is 17.8 Å². The van der Waals surface area contributed by atoms with Crippen molar-refractivity contribution in [3.8, 4) is 0 Å². The number of carbonyl (C=O) groups excluding carboxylic acids is 1. The standard InChI is InChI=1S/C15H17Cl2NO3/c1-7-3-9(10(4-7)15(20)21)14(19)18-13-6-11(16)8(2)5-12(13)17/h5-7,9-10H,3-4H2,1-2H3,(H,18,19)(H,20,21)/t7?,9-,10+/m0/s1. The number of anilines is 1. The molecule has 4 nitrogen and oxygen atoms in total. The van der Waals surface area contributed by atoms with Crippen molar-refractivity contribution in [2.24, 2.45) is 17.8 Å². The Balaban J connectivity index is 2.18. The molecule has 0 radical (unpaired) electrons. The van der Waals surface area contributed by atoms with E-state index in [1.54, 1.807) is 12.1 Å². The van der Waals surface area contributed by atoms with Gasteiger partial charge in [0.25, 0.3) is 0 Å². The lowest BCUT2D eigenvalue weighted by molar-refractivity contribution is -0.145. The predicted molar refractivity (Wildman–Crippen MR) is 82.8 cm³/mol. The van der Waals surface area contributed by atoms with Gasteiger partial charge in [-0.05, 0) is 43.4 Å². The van der Waals surface area contributed by atoms with Crippen molar-refractivity contribution in [3.05, 3.63) is 27.7 Å². The van der Waals surface area contributed by atoms with Crippen molar-refractivity contribution < 1.29 is 14.7 Å². The summed E-state index contributed by atoms with van der Waals surface area (Å²) >= 11 is 12.1. The minimum atomic E-state index is -0.924. The normalized spacial score (nSPS) is 24.9. The van der Waals surface area contributed by atoms with Crippen LogP contribution in [0.3, 0.4) is 0 Å². The van der Waals surface area contributed by atoms with Gasteiger partial charge in [-0.2, -0.15) is 0 Å². The van der Waals surface area contributed by atoms with Crippen LogP contribution in [0, 0.1) is 24.7 Å². The SMILES string of the molecule is Cc1cc(Cl)c(NC(=O)[C@H]2CC(C)C[C@H]2C(=O)O)cc1Cl. The van der Waals surface area contributed by atoms with Gasteiger partial charge in [0.2, 0.25) is 5.91 Å². The van der Waals surface area contributed by atoms with Crippen LogP contribution in [-0.4, -0.2) is 17.0 Å². The number of hydrogen-bond acceptors (Lipinski definition) is 2. The van der Waals surface area contributed by atoms with E-state index in [0.29, 0.717) is 28.6 Å². The van der Waals surface area contributed by atoms with Gasteiger partial charge in [0.1, 0.15) is 0 Å². The Bertz CT molecular complexity index is 589. The lowest BCUT2D eigenvalue weighted by atomic mass is 9.95. The zero-order valence-corrected chi connectivity index (χ0v) is 13.3. The number of carboxylic acids is 1. The van der Waals surface area contributed by atoms with Crippen molar-refractivity contribution in [2.45, 2.75) is 26.7 Å². The first-order chi connectivity index (χ1) is 9.79. The molecule has 0 saturated heterocycles. The highest BCUT2D eigenvalue weighted by molar-refractivity contribution is 6.36. The van der Waals surface area contributed by atoms with Gasteiger partial charge in [-0.15, -0.1) is 0 Å². The summed E-state index contributed by atoms with van der Waals surface area (Å²) in [6.45, 7) is 3.78. The van der Waals surface area contributed by atoms with Crippen LogP contribution in [0.1, 0.15) is 25.3 Å². The monoisotopic (exact) mass is 329 g/mol. The fourth-order valence-electron chi connectivity index (χ4n) is 2.82. The number of carboxylic acid groups (broad SMARTS) is 1. The van der Waals surface area contributed by atoms with E-state index in [4.69, 9.17) is 23.2 Å². The quantitative estimate of drug-likeness (QED) is 0.881. The van der Waals surface area contributed by atoms with Crippen molar-refractivity contribution in [1.29, 1.82) is 0 Å². The van der Waals surface area contributed by atoms with Crippen molar-refractivity contribution in [1.82, 2.24) is 0 Å². The first-order valence-corrected chi connectivity index (χ1v) is 7.54. The lowest BCUT2D eigenvalue weighted by Gasteiger charge is -2.16. The van der Waals surface area contributed by atoms with Gasteiger partial charge in [0.15, 0.2) is 0 Å². The first-order valence-electron chi connectivity index (χ1n) is 6.79. The number of aliphatic carboxylic acids is 1. The number of benzene rings is 1. The number of carbonyl (C=O) groups is 2. The molecule has 3 atom stereocenters. The lowest BCUT2D eigenvalue weighted by Crippen LogP contribution is -2.30. The fourth-order valence-corrected chi connectivity index (χ4v) is 3.25. The second kappa shape index (κ2) is 6.24. The third-order valence-corrected chi connectivity index (χ3v) is 4.68. The summed E-state index contributed by atoms with van der Waals surface area (Å²) < 4.78 is 0. The number of aryl methyl sites for hydroxylation is 1. The van der Waals surface area contributed by atoms with Crippen LogP contribution in [-0.2, 0) is 9.59 Å². The van der Waals surface area contributed by atoms with E-state index in [1.807, 2.05) is 13.8 Å². The molecule has 1 unspecified atom stereocenters. The smallest absolute Gasteiger partial charge is 0.307 e. The van der Waals surface area contributed by atoms with E-state index in [0.717, 1.165) is 5.56 Å². The number of hydrogen-bond donors (Lipinski definition) is 2. The number of rotatable bonds is 3. The summed E-state index contributed by atoms with van der Waals surface area (Å²) in [5.74, 6) is -2.19. The molecule has 1 aliphatic rings. The zero-order chi connectivity index (χ0) is 15.7. The number of amides is 1. The van der Waals surface area contributed by atoms with Crippen LogP contribution in [0.2, 0.25) is 10.0 Å². The summed E-state index contributed by atoms with van der Waals surface area (Å²) in [6.07, 6.45) is 1.09. The van der Waals surface area contributed by atoms with Gasteiger partial charge in [-0.25, -0.2) is 0 Å². The van der Waals surface area contributed by atoms with Crippen molar-refractivity contribution in [3.63, 3.8) is 0 Å². The maximum atomic E-state index is 12.3. The van der Waals surface area contributed by atoms with E-state index in [-0.39, 0.29) is 11.8 Å². The maximum Gasteiger partial charge on any atom is 0.307 e. The van der Waals surface area contributed by atoms with Gasteiger partial charge in [0.05, 0.1) is 22.5 Å². The summed E-state index contributed by atoms with van der Waals surface area (Å²) in [7, 11) is 0. The highest BCUT2D eigenvalue weighted by atomic mass is 35.5. The van der Waals surface area contributed by atoms with E-state index in [9.17, 15) is 14.7 Å². The molecule has 1 amide bonds. The second-order valence-electron chi connectivity index (χ2n) is 5.70. The molecule has 0 heterocycles. The van der Waals surface area contributed by atoms with E-state index >= 15 is 0 Å². The Morgan fingerprint density at radius 2 is 1.81 bits per heavy atom. The van der Waals surface area contributed by atoms with E-state index in [1.165, 1.54) is 0 Å². The van der Waals surface area contributed by atoms with Gasteiger partial charge >= 0.3 is 5.97 Å². The van der Waals surface area contributed by atoms with Crippen LogP contribution >= 0.6 is 23.2 Å². The van der Waals surface area contributed by atoms with Crippen LogP contribution in [0.5, 0.6) is 0 Å². The third-order valence-electron chi connectivity index (χ3n) is 3.96. The average Bonchev–Trinajstić information content (AvgIpc) is 2.78. The summed E-state index contributed by atoms with van der Waals surface area (Å²) in [6, 6.07) is 3.26. The molecule has 1 saturated carbocycles. The minimum absolute atomic E-state index is 0.221. The Labute approximate surface area is 133 Å². The van der Waals surface area contributed by atoms with Crippen molar-refractivity contribution >= 4 is 40.8 Å². The first kappa shape index (κ1) is 16.1. The molecule has 1 aromatic rings. The highest BCUT2D eigenvalue weighted by Crippen LogP contribution is 2.38. The molecule has 0 spiro atoms. The fraction of sp³-hybridized carbons (Fsp3) is 0.467. The molecular weight excluding hydrogens is 313 g/mol. The molecule has 114 valence electrons. The predicted octanol–water partition coefficient (Wildman–Crippen LogP) is 3.99. The zero-order valence-electron chi connectivity index (χ0n) is 11.8. The topological polar surface area (TPSA) is 66.4 Å². The van der Waals surface area contributed by atoms with Gasteiger partial charge in [0, 0.05) is 5.02 Å². The number of halogens is 2. The summed E-state index contributed by atoms with van der Waals surface area (Å²) in [4.78, 5) is 23.6. The molecule has 21 heavy (non-hydrogen) atoms. The van der Waals surface area contributed by atoms with Gasteiger partial charge < -0.3 is 10.4 Å². The molecule has 0 bridgehead atoms. The van der Waals surface area contributed by atoms with Crippen molar-refractivity contribution in [2.75, 3.05) is 5.32 Å². The third kappa shape index (κ3) is 3.50. The molecule has 1 fully saturated rings. The summed E-state index contributed by atoms with van der Waals surface area (Å²) in [5.41, 5.74) is 1.23. The molecule has 1 aromatic carbocycles. The number of nitrogens with one attached hydrogen (secondary N) is 1. The van der Waals surface area contributed by atoms with Crippen LogP contribution in [0.25, 0.3) is 0 Å². The second-order valence-corrected chi connectivity index (χ2v) is 6.51. The maximum absolute atomic E-state index is 12.3. The van der Waals surface area contributed by atoms with E-state index in [2.05, 4.69) is 5.32 Å². The Hall–Kier alpha value is -1.26. The minimum Gasteiger partial charge on any atom is -0.481 e. The largest absolute Gasteiger partial charge is 0.481 e. The molecule has 2 N–H and O–H groups in total. The molecular formula is C15H17Cl2NO3. The van der Waals surface area contributed by atoms with Gasteiger partial charge in [-0.3, -0.25) is 9.59 Å². The van der Waals surface area contributed by atoms with Crippen LogP contribution in [0.15, 0.2) is 12.1 Å². The Kier molecular flexibility index (Phi) is 4.79. The Morgan fingerprint density at radius 1 is 1.19 bits per heavy atom. The van der Waals surface area contributed by atoms with Crippen LogP contribution < -0.4 is 5.32 Å². The molecule has 2 rings (SSSR count). The van der Waals surface area contributed by atoms with Crippen LogP contribution in [0.4, 0.5) is 5.69 Å². The molecule has 0 aliphatic heterocycles. The molecule has 6 heteroatoms. The van der Waals surface area contributed by atoms with Gasteiger partial charge in [-0.1, -0.05) is 30.1 Å². The molecule has 1 aliphatic carbocycles. The summed E-state index contributed by atoms with van der Waals surface area (Å²) in [5, 5.41) is 12.8. The molecule has 0 aromatic heterocycles. The Morgan fingerprint density at radius 3 is 2.43 bits per heavy atom. The highest BCUT2D eigenvalue weighted by Gasteiger charge is 2.41. The average molecular weight is 330 g/mol.